The number of terminal acetylenes is 1. The summed E-state index contributed by atoms with van der Waals surface area (Å²) in [4.78, 5) is 54.4. The van der Waals surface area contributed by atoms with Gasteiger partial charge >= 0.3 is 6.09 Å². The number of carbonyl (C=O) groups excluding carboxylic acids is 4. The summed E-state index contributed by atoms with van der Waals surface area (Å²) < 4.78 is 5.40. The molecule has 2 unspecified atom stereocenters. The average molecular weight is 577 g/mol. The summed E-state index contributed by atoms with van der Waals surface area (Å²) in [5.74, 6) is 1.01. The van der Waals surface area contributed by atoms with E-state index in [9.17, 15) is 19.2 Å². The van der Waals surface area contributed by atoms with E-state index in [4.69, 9.17) is 16.9 Å². The van der Waals surface area contributed by atoms with Gasteiger partial charge in [0, 0.05) is 24.2 Å². The van der Waals surface area contributed by atoms with E-state index >= 15 is 0 Å². The van der Waals surface area contributed by atoms with Gasteiger partial charge in [-0.15, -0.1) is 6.42 Å². The molecule has 0 aliphatic rings. The van der Waals surface area contributed by atoms with Gasteiger partial charge in [-0.05, 0) is 63.8 Å². The molecule has 0 aliphatic heterocycles. The number of rotatable bonds is 14. The van der Waals surface area contributed by atoms with Crippen LogP contribution in [-0.2, 0) is 19.1 Å². The Morgan fingerprint density at radius 3 is 2.31 bits per heavy atom. The van der Waals surface area contributed by atoms with Gasteiger partial charge in [0.2, 0.25) is 11.8 Å². The zero-order chi connectivity index (χ0) is 31.3. The fraction of sp³-hybridized carbons (Fsp3) is 0.455. The highest BCUT2D eigenvalue weighted by atomic mass is 16.6. The van der Waals surface area contributed by atoms with Gasteiger partial charge in [-0.25, -0.2) is 4.79 Å². The molecule has 2 atom stereocenters. The smallest absolute Gasteiger partial charge is 0.408 e. The molecule has 0 radical (unpaired) electrons. The molecule has 0 saturated carbocycles. The average Bonchev–Trinajstić information content (AvgIpc) is 2.92. The number of anilines is 1. The molecule has 4 N–H and O–H groups in total. The van der Waals surface area contributed by atoms with E-state index in [-0.39, 0.29) is 19.4 Å². The third kappa shape index (κ3) is 10.6. The van der Waals surface area contributed by atoms with Gasteiger partial charge in [0.1, 0.15) is 17.7 Å². The van der Waals surface area contributed by atoms with Gasteiger partial charge in [0.25, 0.3) is 5.91 Å². The largest absolute Gasteiger partial charge is 0.444 e. The third-order valence-corrected chi connectivity index (χ3v) is 6.58. The molecule has 2 rings (SSSR count). The molecular weight excluding hydrogens is 532 g/mol. The number of nitrogens with two attached hydrogens (primary N) is 1. The lowest BCUT2D eigenvalue weighted by molar-refractivity contribution is -0.141. The lowest BCUT2D eigenvalue weighted by Gasteiger charge is -2.35. The SMILES string of the molecule is C#Cc1ccccc1C(C(=O)Nc1ccccc1C)N(CCCCCC)C(=O)C(CCC(N)=O)NC(=O)OC(C)(C)C. The summed E-state index contributed by atoms with van der Waals surface area (Å²) in [6.45, 7) is 9.28. The van der Waals surface area contributed by atoms with Crippen molar-refractivity contribution in [1.29, 1.82) is 0 Å². The monoisotopic (exact) mass is 576 g/mol. The first-order valence-electron chi connectivity index (χ1n) is 14.4. The molecule has 0 saturated heterocycles. The van der Waals surface area contributed by atoms with Crippen LogP contribution >= 0.6 is 0 Å². The zero-order valence-electron chi connectivity index (χ0n) is 25.4. The highest BCUT2D eigenvalue weighted by Gasteiger charge is 2.37. The highest BCUT2D eigenvalue weighted by Crippen LogP contribution is 2.29. The van der Waals surface area contributed by atoms with E-state index in [1.165, 1.54) is 4.90 Å². The molecule has 0 fully saturated rings. The third-order valence-electron chi connectivity index (χ3n) is 6.58. The van der Waals surface area contributed by atoms with E-state index < -0.39 is 41.5 Å². The second-order valence-corrected chi connectivity index (χ2v) is 11.2. The summed E-state index contributed by atoms with van der Waals surface area (Å²) in [6, 6.07) is 12.0. The van der Waals surface area contributed by atoms with E-state index in [0.717, 1.165) is 24.8 Å². The predicted molar refractivity (Wildman–Crippen MR) is 164 cm³/mol. The molecule has 0 aliphatic carbocycles. The molecule has 226 valence electrons. The van der Waals surface area contributed by atoms with Crippen LogP contribution in [0.2, 0.25) is 0 Å². The van der Waals surface area contributed by atoms with Crippen LogP contribution in [0.1, 0.15) is 89.0 Å². The number of para-hydroxylation sites is 1. The number of ether oxygens (including phenoxy) is 1. The van der Waals surface area contributed by atoms with Gasteiger partial charge in [0.15, 0.2) is 0 Å². The Morgan fingerprint density at radius 2 is 1.69 bits per heavy atom. The minimum atomic E-state index is -1.18. The Labute approximate surface area is 249 Å². The molecule has 42 heavy (non-hydrogen) atoms. The minimum Gasteiger partial charge on any atom is -0.444 e. The molecular formula is C33H44N4O5. The van der Waals surface area contributed by atoms with Crippen LogP contribution in [0.15, 0.2) is 48.5 Å². The first-order valence-corrected chi connectivity index (χ1v) is 14.4. The van der Waals surface area contributed by atoms with Crippen molar-refractivity contribution in [2.24, 2.45) is 5.73 Å². The molecule has 4 amide bonds. The number of hydrogen-bond acceptors (Lipinski definition) is 5. The van der Waals surface area contributed by atoms with Gasteiger partial charge in [-0.1, -0.05) is 68.5 Å². The molecule has 0 heterocycles. The molecule has 9 heteroatoms. The molecule has 0 spiro atoms. The number of primary amides is 1. The number of benzene rings is 2. The van der Waals surface area contributed by atoms with Crippen LogP contribution in [0, 0.1) is 19.3 Å². The van der Waals surface area contributed by atoms with Crippen molar-refractivity contribution in [2.45, 2.75) is 90.8 Å². The highest BCUT2D eigenvalue weighted by molar-refractivity contribution is 5.99. The number of aryl methyl sites for hydroxylation is 1. The molecule has 2 aromatic rings. The summed E-state index contributed by atoms with van der Waals surface area (Å²) >= 11 is 0. The van der Waals surface area contributed by atoms with Crippen molar-refractivity contribution < 1.29 is 23.9 Å². The van der Waals surface area contributed by atoms with Crippen LogP contribution in [0.3, 0.4) is 0 Å². The van der Waals surface area contributed by atoms with E-state index in [1.54, 1.807) is 51.1 Å². The van der Waals surface area contributed by atoms with Crippen molar-refractivity contribution in [3.63, 3.8) is 0 Å². The maximum Gasteiger partial charge on any atom is 0.408 e. The lowest BCUT2D eigenvalue weighted by atomic mass is 9.96. The topological polar surface area (TPSA) is 131 Å². The fourth-order valence-electron chi connectivity index (χ4n) is 4.50. The second kappa shape index (κ2) is 16.2. The Balaban J connectivity index is 2.62. The zero-order valence-corrected chi connectivity index (χ0v) is 25.4. The number of carbonyl (C=O) groups is 4. The first-order chi connectivity index (χ1) is 19.9. The molecule has 2 aromatic carbocycles. The number of nitrogens with zero attached hydrogens (tertiary/aromatic N) is 1. The second-order valence-electron chi connectivity index (χ2n) is 11.2. The quantitative estimate of drug-likeness (QED) is 0.210. The van der Waals surface area contributed by atoms with Crippen LogP contribution in [0.4, 0.5) is 10.5 Å². The molecule has 0 bridgehead atoms. The van der Waals surface area contributed by atoms with Crippen LogP contribution in [-0.4, -0.2) is 46.9 Å². The van der Waals surface area contributed by atoms with Crippen molar-refractivity contribution in [3.8, 4) is 12.3 Å². The van der Waals surface area contributed by atoms with Gasteiger partial charge in [-0.3, -0.25) is 14.4 Å². The van der Waals surface area contributed by atoms with E-state index in [1.807, 2.05) is 25.1 Å². The summed E-state index contributed by atoms with van der Waals surface area (Å²) in [5, 5.41) is 5.58. The van der Waals surface area contributed by atoms with Crippen molar-refractivity contribution in [3.05, 3.63) is 65.2 Å². The summed E-state index contributed by atoms with van der Waals surface area (Å²) in [7, 11) is 0. The summed E-state index contributed by atoms with van der Waals surface area (Å²) in [6.07, 6.45) is 8.16. The maximum absolute atomic E-state index is 14.3. The predicted octanol–water partition coefficient (Wildman–Crippen LogP) is 5.22. The minimum absolute atomic E-state index is 0.0677. The van der Waals surface area contributed by atoms with E-state index in [0.29, 0.717) is 23.2 Å². The number of unbranched alkanes of at least 4 members (excludes halogenated alkanes) is 3. The number of hydrogen-bond donors (Lipinski definition) is 3. The van der Waals surface area contributed by atoms with Gasteiger partial charge < -0.3 is 26.0 Å². The van der Waals surface area contributed by atoms with Crippen molar-refractivity contribution in [2.75, 3.05) is 11.9 Å². The van der Waals surface area contributed by atoms with Gasteiger partial charge in [-0.2, -0.15) is 0 Å². The molecule has 0 aromatic heterocycles. The number of nitrogens with one attached hydrogen (secondary N) is 2. The van der Waals surface area contributed by atoms with Crippen LogP contribution in [0.25, 0.3) is 0 Å². The lowest BCUT2D eigenvalue weighted by Crippen LogP contribution is -2.53. The van der Waals surface area contributed by atoms with Crippen molar-refractivity contribution >= 4 is 29.5 Å². The maximum atomic E-state index is 14.3. The molecule has 9 nitrogen and oxygen atoms in total. The Hall–Kier alpha value is -4.32. The number of alkyl carbamates (subject to hydrolysis) is 1. The van der Waals surface area contributed by atoms with E-state index in [2.05, 4.69) is 23.5 Å². The van der Waals surface area contributed by atoms with Crippen LogP contribution < -0.4 is 16.4 Å². The summed E-state index contributed by atoms with van der Waals surface area (Å²) in [5.41, 5.74) is 6.97. The van der Waals surface area contributed by atoms with Gasteiger partial charge in [0.05, 0.1) is 0 Å². The fourth-order valence-corrected chi connectivity index (χ4v) is 4.50. The normalized spacial score (nSPS) is 12.4. The Bertz CT molecular complexity index is 1280. The van der Waals surface area contributed by atoms with Crippen LogP contribution in [0.5, 0.6) is 0 Å². The standard InChI is InChI=1S/C33H44N4O5/c1-7-9-10-15-22-37(31(40)27(20-21-28(34)38)36-32(41)42-33(4,5)6)29(25-18-13-12-17-24(25)8-2)30(39)35-26-19-14-11-16-23(26)3/h2,11-14,16-19,27,29H,7,9-10,15,20-22H2,1,3-6H3,(H2,34,38)(H,35,39)(H,36,41). The number of amides is 4. The Morgan fingerprint density at radius 1 is 1.02 bits per heavy atom. The van der Waals surface area contributed by atoms with Crippen molar-refractivity contribution in [1.82, 2.24) is 10.2 Å². The Kier molecular flexibility index (Phi) is 13.1. The first kappa shape index (κ1) is 33.9.